The summed E-state index contributed by atoms with van der Waals surface area (Å²) in [7, 11) is 0. The molecule has 0 aromatic carbocycles. The summed E-state index contributed by atoms with van der Waals surface area (Å²) < 4.78 is 0. The molecule has 1 atom stereocenters. The van der Waals surface area contributed by atoms with E-state index in [-0.39, 0.29) is 0 Å². The van der Waals surface area contributed by atoms with Crippen molar-refractivity contribution < 1.29 is 4.79 Å². The number of hydrogen-bond donors (Lipinski definition) is 1. The zero-order chi connectivity index (χ0) is 13.4. The van der Waals surface area contributed by atoms with E-state index in [1.165, 1.54) is 19.3 Å². The van der Waals surface area contributed by atoms with E-state index in [1.54, 1.807) is 0 Å². The minimum atomic E-state index is 0.376. The molecule has 1 aliphatic rings. The van der Waals surface area contributed by atoms with Gasteiger partial charge in [0.1, 0.15) is 0 Å². The van der Waals surface area contributed by atoms with Crippen LogP contribution in [0.15, 0.2) is 0 Å². The number of amides is 1. The zero-order valence-corrected chi connectivity index (χ0v) is 12.2. The summed E-state index contributed by atoms with van der Waals surface area (Å²) >= 11 is 0. The van der Waals surface area contributed by atoms with Crippen molar-refractivity contribution in [3.05, 3.63) is 0 Å². The van der Waals surface area contributed by atoms with Crippen molar-refractivity contribution in [2.45, 2.75) is 71.3 Å². The monoisotopic (exact) mass is 254 g/mol. The molecule has 0 aromatic heterocycles. The van der Waals surface area contributed by atoms with E-state index in [1.807, 2.05) is 0 Å². The van der Waals surface area contributed by atoms with E-state index in [0.717, 1.165) is 45.2 Å². The Morgan fingerprint density at radius 1 is 1.33 bits per heavy atom. The van der Waals surface area contributed by atoms with Crippen LogP contribution >= 0.6 is 0 Å². The first kappa shape index (κ1) is 15.5. The second-order valence-electron chi connectivity index (χ2n) is 5.56. The molecule has 0 saturated heterocycles. The van der Waals surface area contributed by atoms with Crippen molar-refractivity contribution in [2.75, 3.05) is 13.1 Å². The summed E-state index contributed by atoms with van der Waals surface area (Å²) in [6.45, 7) is 6.09. The average molecular weight is 254 g/mol. The maximum Gasteiger partial charge on any atom is 0.222 e. The third kappa shape index (κ3) is 5.38. The van der Waals surface area contributed by atoms with Gasteiger partial charge in [-0.15, -0.1) is 0 Å². The van der Waals surface area contributed by atoms with Gasteiger partial charge in [-0.3, -0.25) is 4.79 Å². The first-order chi connectivity index (χ1) is 8.72. The van der Waals surface area contributed by atoms with Crippen LogP contribution in [-0.4, -0.2) is 29.9 Å². The fourth-order valence-electron chi connectivity index (χ4n) is 2.49. The van der Waals surface area contributed by atoms with Crippen molar-refractivity contribution in [1.82, 2.24) is 4.90 Å². The first-order valence-electron chi connectivity index (χ1n) is 7.72. The Hall–Kier alpha value is -0.570. The van der Waals surface area contributed by atoms with Crippen LogP contribution in [0.1, 0.15) is 65.2 Å². The maximum atomic E-state index is 12.2. The molecule has 1 fully saturated rings. The summed E-state index contributed by atoms with van der Waals surface area (Å²) in [5.74, 6) is 1.01. The Bertz CT molecular complexity index is 239. The minimum Gasteiger partial charge on any atom is -0.340 e. The molecule has 0 heterocycles. The van der Waals surface area contributed by atoms with Gasteiger partial charge in [-0.1, -0.05) is 26.7 Å². The number of carbonyl (C=O) groups excluding carboxylic acids is 1. The van der Waals surface area contributed by atoms with Crippen molar-refractivity contribution in [2.24, 2.45) is 11.7 Å². The number of unbranched alkanes of at least 4 members (excludes halogenated alkanes) is 1. The highest BCUT2D eigenvalue weighted by molar-refractivity contribution is 5.76. The van der Waals surface area contributed by atoms with Gasteiger partial charge in [0.05, 0.1) is 0 Å². The molecule has 18 heavy (non-hydrogen) atoms. The van der Waals surface area contributed by atoms with E-state index in [4.69, 9.17) is 5.73 Å². The molecule has 1 amide bonds. The lowest BCUT2D eigenvalue weighted by molar-refractivity contribution is -0.132. The number of hydrogen-bond acceptors (Lipinski definition) is 2. The van der Waals surface area contributed by atoms with Crippen molar-refractivity contribution in [1.29, 1.82) is 0 Å². The normalized spacial score (nSPS) is 16.6. The summed E-state index contributed by atoms with van der Waals surface area (Å²) in [5.41, 5.74) is 5.60. The molecule has 0 aromatic rings. The predicted octanol–water partition coefficient (Wildman–Crippen LogP) is 2.93. The fourth-order valence-corrected chi connectivity index (χ4v) is 2.49. The lowest BCUT2D eigenvalue weighted by Gasteiger charge is -2.23. The third-order valence-corrected chi connectivity index (χ3v) is 3.98. The largest absolute Gasteiger partial charge is 0.340 e. The summed E-state index contributed by atoms with van der Waals surface area (Å²) in [5, 5.41) is 0. The predicted molar refractivity (Wildman–Crippen MR) is 76.3 cm³/mol. The maximum absolute atomic E-state index is 12.2. The zero-order valence-electron chi connectivity index (χ0n) is 12.2. The molecule has 0 bridgehead atoms. The third-order valence-electron chi connectivity index (χ3n) is 3.98. The number of nitrogens with zero attached hydrogens (tertiary/aromatic N) is 1. The summed E-state index contributed by atoms with van der Waals surface area (Å²) in [6.07, 6.45) is 8.68. The average Bonchev–Trinajstić information content (AvgIpc) is 3.19. The highest BCUT2D eigenvalue weighted by Crippen LogP contribution is 2.28. The Labute approximate surface area is 112 Å². The van der Waals surface area contributed by atoms with Gasteiger partial charge < -0.3 is 10.6 Å². The van der Waals surface area contributed by atoms with Gasteiger partial charge in [0.25, 0.3) is 0 Å². The van der Waals surface area contributed by atoms with Crippen LogP contribution in [0, 0.1) is 5.92 Å². The topological polar surface area (TPSA) is 46.3 Å². The van der Waals surface area contributed by atoms with Crippen LogP contribution in [0.3, 0.4) is 0 Å². The Morgan fingerprint density at radius 3 is 2.56 bits per heavy atom. The summed E-state index contributed by atoms with van der Waals surface area (Å²) in [4.78, 5) is 14.4. The standard InChI is InChI=1S/C15H30N2O/c1-3-5-12-17(14-7-8-14)15(18)9-6-13(4-2)10-11-16/h13-14H,3-12,16H2,1-2H3. The van der Waals surface area contributed by atoms with E-state index < -0.39 is 0 Å². The SMILES string of the molecule is CCCCN(C(=O)CCC(CC)CCN)C1CC1. The molecular formula is C15H30N2O. The first-order valence-corrected chi connectivity index (χ1v) is 7.72. The van der Waals surface area contributed by atoms with Crippen LogP contribution in [0.25, 0.3) is 0 Å². The van der Waals surface area contributed by atoms with Crippen molar-refractivity contribution in [3.8, 4) is 0 Å². The van der Waals surface area contributed by atoms with Crippen LogP contribution in [-0.2, 0) is 4.79 Å². The molecule has 1 aliphatic carbocycles. The molecule has 0 radical (unpaired) electrons. The van der Waals surface area contributed by atoms with Crippen LogP contribution < -0.4 is 5.73 Å². The van der Waals surface area contributed by atoms with Crippen molar-refractivity contribution in [3.63, 3.8) is 0 Å². The smallest absolute Gasteiger partial charge is 0.222 e. The highest BCUT2D eigenvalue weighted by atomic mass is 16.2. The number of nitrogens with two attached hydrogens (primary N) is 1. The summed E-state index contributed by atoms with van der Waals surface area (Å²) in [6, 6.07) is 0.568. The van der Waals surface area contributed by atoms with Crippen LogP contribution in [0.5, 0.6) is 0 Å². The molecule has 0 aliphatic heterocycles. The van der Waals surface area contributed by atoms with Gasteiger partial charge >= 0.3 is 0 Å². The highest BCUT2D eigenvalue weighted by Gasteiger charge is 2.31. The molecule has 0 spiro atoms. The molecule has 106 valence electrons. The van der Waals surface area contributed by atoms with Gasteiger partial charge in [-0.25, -0.2) is 0 Å². The Kier molecular flexibility index (Phi) is 7.33. The molecular weight excluding hydrogens is 224 g/mol. The molecule has 2 N–H and O–H groups in total. The molecule has 1 unspecified atom stereocenters. The molecule has 1 saturated carbocycles. The lowest BCUT2D eigenvalue weighted by atomic mass is 9.96. The Balaban J connectivity index is 2.31. The van der Waals surface area contributed by atoms with Gasteiger partial charge in [-0.05, 0) is 44.6 Å². The van der Waals surface area contributed by atoms with Gasteiger partial charge in [0.15, 0.2) is 0 Å². The van der Waals surface area contributed by atoms with E-state index in [9.17, 15) is 4.79 Å². The molecule has 1 rings (SSSR count). The van der Waals surface area contributed by atoms with E-state index in [0.29, 0.717) is 17.9 Å². The Morgan fingerprint density at radius 2 is 2.06 bits per heavy atom. The van der Waals surface area contributed by atoms with Gasteiger partial charge in [0, 0.05) is 19.0 Å². The quantitative estimate of drug-likeness (QED) is 0.651. The molecule has 3 nitrogen and oxygen atoms in total. The minimum absolute atomic E-state index is 0.376. The van der Waals surface area contributed by atoms with Gasteiger partial charge in [-0.2, -0.15) is 0 Å². The van der Waals surface area contributed by atoms with Crippen LogP contribution in [0.2, 0.25) is 0 Å². The van der Waals surface area contributed by atoms with Crippen LogP contribution in [0.4, 0.5) is 0 Å². The van der Waals surface area contributed by atoms with Gasteiger partial charge in [0.2, 0.25) is 5.91 Å². The second-order valence-corrected chi connectivity index (χ2v) is 5.56. The lowest BCUT2D eigenvalue weighted by Crippen LogP contribution is -2.34. The van der Waals surface area contributed by atoms with E-state index >= 15 is 0 Å². The fraction of sp³-hybridized carbons (Fsp3) is 0.933. The number of carbonyl (C=O) groups is 1. The molecule has 3 heteroatoms. The van der Waals surface area contributed by atoms with E-state index in [2.05, 4.69) is 18.7 Å². The second kappa shape index (κ2) is 8.52. The number of rotatable bonds is 10. The van der Waals surface area contributed by atoms with Crippen molar-refractivity contribution >= 4 is 5.91 Å².